The zero-order valence-corrected chi connectivity index (χ0v) is 16.1. The monoisotopic (exact) mass is 308 g/mol. The van der Waals surface area contributed by atoms with E-state index >= 15 is 0 Å². The van der Waals surface area contributed by atoms with E-state index in [1.54, 1.807) is 18.3 Å². The fourth-order valence-electron chi connectivity index (χ4n) is 0.862. The molecular weight excluding hydrogens is 298 g/mol. The second-order valence-corrected chi connectivity index (χ2v) is 6.53. The van der Waals surface area contributed by atoms with Crippen molar-refractivity contribution in [2.45, 2.75) is 6.92 Å². The summed E-state index contributed by atoms with van der Waals surface area (Å²) < 4.78 is 30.8. The van der Waals surface area contributed by atoms with Crippen LogP contribution in [0.5, 0.6) is 0 Å². The van der Waals surface area contributed by atoms with Gasteiger partial charge >= 0.3 is 59.1 Å². The molecule has 1 amide bonds. The van der Waals surface area contributed by atoms with E-state index in [1.165, 1.54) is 0 Å². The molecule has 1 aromatic heterocycles. The van der Waals surface area contributed by atoms with E-state index in [0.717, 1.165) is 5.56 Å². The van der Waals surface area contributed by atoms with E-state index in [0.29, 0.717) is 5.82 Å². The average molecular weight is 308 g/mol. The Labute approximate surface area is 153 Å². The maximum Gasteiger partial charge on any atom is 1.00 e. The number of carbonyl (C=O) groups is 1. The molecule has 0 aliphatic heterocycles. The number of anilines is 1. The molecule has 6 nitrogen and oxygen atoms in total. The van der Waals surface area contributed by atoms with Gasteiger partial charge < -0.3 is 20.7 Å². The molecule has 0 fully saturated rings. The van der Waals surface area contributed by atoms with Crippen LogP contribution in [-0.4, -0.2) is 29.6 Å². The molecule has 0 radical (unpaired) electrons. The van der Waals surface area contributed by atoms with Crippen LogP contribution in [0.15, 0.2) is 18.3 Å². The summed E-state index contributed by atoms with van der Waals surface area (Å²) >= 11 is 0. The summed E-state index contributed by atoms with van der Waals surface area (Å²) in [5.41, 5.74) is 0.943. The van der Waals surface area contributed by atoms with Gasteiger partial charge in [-0.15, -0.1) is 0 Å². The average Bonchev–Trinajstić information content (AvgIpc) is 2.18. The maximum absolute atomic E-state index is 11.2. The maximum atomic E-state index is 11.2. The van der Waals surface area contributed by atoms with Gasteiger partial charge in [0.15, 0.2) is 0 Å². The molecule has 0 saturated carbocycles. The molecule has 0 bridgehead atoms. The zero-order valence-electron chi connectivity index (χ0n) is 10.4. The molecule has 1 heterocycles. The molecule has 1 rings (SSSR count). The number of nitrogens with one attached hydrogen (secondary N) is 1. The standard InChI is InChI=1S/C8H11N2O4S2.2Na/c1-6-2-3-7(9-4-6)10-8(11)5-15-16(12,13)14;;/h2-4,15H,5H2,1H3,(H,9,10,11)(H,12,13,14);;/q-1;2*+1/p-1. The Morgan fingerprint density at radius 1 is 1.44 bits per heavy atom. The minimum Gasteiger partial charge on any atom is -0.766 e. The van der Waals surface area contributed by atoms with Crippen molar-refractivity contribution in [2.24, 2.45) is 0 Å². The fourth-order valence-corrected chi connectivity index (χ4v) is 2.04. The predicted molar refractivity (Wildman–Crippen MR) is 60.9 cm³/mol. The number of rotatable bonds is 4. The van der Waals surface area contributed by atoms with Crippen molar-refractivity contribution in [1.29, 1.82) is 0 Å². The van der Waals surface area contributed by atoms with Gasteiger partial charge in [-0.3, -0.25) is 13.2 Å². The predicted octanol–water partition coefficient (Wildman–Crippen LogP) is -6.39. The second-order valence-electron chi connectivity index (χ2n) is 2.98. The topological polar surface area (TPSA) is 99.2 Å². The van der Waals surface area contributed by atoms with Crippen LogP contribution in [0.4, 0.5) is 5.82 Å². The van der Waals surface area contributed by atoms with Crippen molar-refractivity contribution >= 4 is 31.7 Å². The molecule has 90 valence electrons. The van der Waals surface area contributed by atoms with Crippen molar-refractivity contribution in [3.63, 3.8) is 0 Å². The Morgan fingerprint density at radius 3 is 2.50 bits per heavy atom. The SMILES string of the molecule is Cc1ccc(NC(=O)C[SH-]S(=O)(=O)[O-])nc1.[Na+].[Na+]. The number of aryl methyl sites for hydroxylation is 1. The van der Waals surface area contributed by atoms with E-state index < -0.39 is 25.9 Å². The third-order valence-electron chi connectivity index (χ3n) is 1.55. The van der Waals surface area contributed by atoms with E-state index in [1.807, 2.05) is 6.92 Å². The van der Waals surface area contributed by atoms with Crippen LogP contribution in [0.1, 0.15) is 5.56 Å². The smallest absolute Gasteiger partial charge is 0.766 e. The summed E-state index contributed by atoms with van der Waals surface area (Å²) in [5.74, 6) is -0.618. The van der Waals surface area contributed by atoms with Gasteiger partial charge in [-0.1, -0.05) is 11.8 Å². The van der Waals surface area contributed by atoms with Crippen molar-refractivity contribution in [3.8, 4) is 0 Å². The van der Waals surface area contributed by atoms with Crippen molar-refractivity contribution in [3.05, 3.63) is 23.9 Å². The Morgan fingerprint density at radius 2 is 2.06 bits per heavy atom. The van der Waals surface area contributed by atoms with Crippen molar-refractivity contribution in [2.75, 3.05) is 11.1 Å². The molecule has 1 N–H and O–H groups in total. The van der Waals surface area contributed by atoms with Gasteiger partial charge in [0, 0.05) is 15.3 Å². The normalized spacial score (nSPS) is 10.1. The first-order chi connectivity index (χ1) is 7.37. The number of thiol groups is 1. The molecule has 0 spiro atoms. The summed E-state index contributed by atoms with van der Waals surface area (Å²) in [6, 6.07) is 3.35. The van der Waals surface area contributed by atoms with Gasteiger partial charge in [-0.25, -0.2) is 4.98 Å². The number of carbonyl (C=O) groups excluding carboxylic acids is 1. The van der Waals surface area contributed by atoms with Gasteiger partial charge in [0.1, 0.15) is 5.82 Å². The van der Waals surface area contributed by atoms with Gasteiger partial charge in [0.2, 0.25) is 5.91 Å². The van der Waals surface area contributed by atoms with Crippen LogP contribution in [0, 0.1) is 6.92 Å². The van der Waals surface area contributed by atoms with Crippen LogP contribution >= 0.6 is 0 Å². The number of amides is 1. The minimum absolute atomic E-state index is 0. The third-order valence-corrected chi connectivity index (χ3v) is 3.61. The Kier molecular flexibility index (Phi) is 11.5. The number of aromatic nitrogens is 1. The number of hydrogen-bond acceptors (Lipinski definition) is 6. The van der Waals surface area contributed by atoms with Crippen LogP contribution in [0.25, 0.3) is 0 Å². The van der Waals surface area contributed by atoms with Gasteiger partial charge in [-0.05, 0) is 18.6 Å². The first kappa shape index (κ1) is 21.2. The van der Waals surface area contributed by atoms with Crippen LogP contribution in [-0.2, 0) is 24.7 Å². The molecule has 10 heteroatoms. The van der Waals surface area contributed by atoms with Crippen molar-refractivity contribution in [1.82, 2.24) is 4.98 Å². The molecule has 0 saturated heterocycles. The van der Waals surface area contributed by atoms with Gasteiger partial charge in [-0.2, -0.15) is 0 Å². The van der Waals surface area contributed by atoms with Crippen LogP contribution in [0.2, 0.25) is 0 Å². The summed E-state index contributed by atoms with van der Waals surface area (Å²) in [5, 5.41) is 2.38. The molecule has 0 atom stereocenters. The Balaban J connectivity index is 0. The minimum atomic E-state index is -4.38. The van der Waals surface area contributed by atoms with Crippen LogP contribution in [0.3, 0.4) is 0 Å². The zero-order chi connectivity index (χ0) is 12.2. The number of pyridine rings is 1. The Hall–Kier alpha value is 0.880. The largest absolute Gasteiger partial charge is 1.00 e. The number of nitrogens with zero attached hydrogens (tertiary/aromatic N) is 1. The van der Waals surface area contributed by atoms with Gasteiger partial charge in [0.05, 0.1) is 0 Å². The van der Waals surface area contributed by atoms with Crippen molar-refractivity contribution < 1.29 is 76.9 Å². The van der Waals surface area contributed by atoms with E-state index in [9.17, 15) is 17.8 Å². The Bertz CT molecular complexity index is 478. The molecule has 1 aromatic rings. The molecule has 0 unspecified atom stereocenters. The summed E-state index contributed by atoms with van der Waals surface area (Å²) in [4.78, 5) is 15.1. The fraction of sp³-hybridized carbons (Fsp3) is 0.250. The molecule has 18 heavy (non-hydrogen) atoms. The number of hydrogen-bond donors (Lipinski definition) is 1. The second kappa shape index (κ2) is 9.73. The molecule has 0 aliphatic rings. The van der Waals surface area contributed by atoms with E-state index in [2.05, 4.69) is 10.3 Å². The van der Waals surface area contributed by atoms with E-state index in [-0.39, 0.29) is 64.9 Å². The summed E-state index contributed by atoms with van der Waals surface area (Å²) in [6.45, 7) is 1.85. The first-order valence-electron chi connectivity index (χ1n) is 4.24. The van der Waals surface area contributed by atoms with E-state index in [4.69, 9.17) is 0 Å². The quantitative estimate of drug-likeness (QED) is 0.196. The van der Waals surface area contributed by atoms with Crippen LogP contribution < -0.4 is 64.4 Å². The first-order valence-corrected chi connectivity index (χ1v) is 7.33. The molecule has 0 aliphatic carbocycles. The molecular formula is C8H10N2Na2O4S2. The summed E-state index contributed by atoms with van der Waals surface area (Å²) in [6.07, 6.45) is 1.57. The third kappa shape index (κ3) is 9.76. The van der Waals surface area contributed by atoms with Gasteiger partial charge in [0.25, 0.3) is 0 Å². The summed E-state index contributed by atoms with van der Waals surface area (Å²) in [7, 11) is -4.83. The molecule has 0 aromatic carbocycles.